The van der Waals surface area contributed by atoms with Gasteiger partial charge in [-0.2, -0.15) is 29.0 Å². The smallest absolute Gasteiger partial charge is 0.308 e. The minimum absolute atomic E-state index is 0.113. The zero-order valence-corrected chi connectivity index (χ0v) is 33.3. The summed E-state index contributed by atoms with van der Waals surface area (Å²) in [5, 5.41) is 33.7. The predicted molar refractivity (Wildman–Crippen MR) is 243 cm³/mol. The Bertz CT molecular complexity index is 3640. The molecule has 0 fully saturated rings. The van der Waals surface area contributed by atoms with E-state index in [0.717, 1.165) is 27.6 Å². The fraction of sp³-hybridized carbons (Fsp3) is 0.0185. The van der Waals surface area contributed by atoms with E-state index in [1.165, 1.54) is 24.3 Å². The van der Waals surface area contributed by atoms with Gasteiger partial charge < -0.3 is 9.13 Å². The highest BCUT2D eigenvalue weighted by molar-refractivity contribution is 6.13. The zero-order valence-electron chi connectivity index (χ0n) is 33.3. The number of halogens is 3. The van der Waals surface area contributed by atoms with E-state index in [-0.39, 0.29) is 27.9 Å². The molecule has 0 aliphatic rings. The summed E-state index contributed by atoms with van der Waals surface area (Å²) < 4.78 is 50.0. The van der Waals surface area contributed by atoms with E-state index in [0.29, 0.717) is 66.9 Å². The maximum atomic E-state index is 15.4. The third kappa shape index (κ3) is 6.09. The molecule has 0 unspecified atom stereocenters. The average molecular weight is 830 g/mol. The predicted octanol–water partition coefficient (Wildman–Crippen LogP) is 14.6. The van der Waals surface area contributed by atoms with Crippen LogP contribution in [0.2, 0.25) is 0 Å². The van der Waals surface area contributed by atoms with Crippen LogP contribution in [0.5, 0.6) is 0 Å². The van der Waals surface area contributed by atoms with Crippen molar-refractivity contribution in [1.29, 1.82) is 15.8 Å². The van der Waals surface area contributed by atoms with Gasteiger partial charge in [-0.15, -0.1) is 0 Å². The van der Waals surface area contributed by atoms with Gasteiger partial charge in [0.15, 0.2) is 11.4 Å². The summed E-state index contributed by atoms with van der Waals surface area (Å²) in [5.41, 5.74) is 6.23. The quantitative estimate of drug-likeness (QED) is 0.162. The van der Waals surface area contributed by atoms with Gasteiger partial charge in [0.25, 0.3) is 0 Å². The van der Waals surface area contributed by atoms with Gasteiger partial charge in [-0.1, -0.05) is 103 Å². The molecule has 0 saturated carbocycles. The molecule has 0 saturated heterocycles. The lowest BCUT2D eigenvalue weighted by atomic mass is 9.93. The molecular formula is C54H26F3N7. The molecule has 0 aliphatic heterocycles. The number of nitriles is 3. The summed E-state index contributed by atoms with van der Waals surface area (Å²) in [5.74, 6) is 0. The van der Waals surface area contributed by atoms with Crippen molar-refractivity contribution >= 4 is 55.0 Å². The van der Waals surface area contributed by atoms with Crippen LogP contribution < -0.4 is 0 Å². The van der Waals surface area contributed by atoms with Crippen molar-refractivity contribution in [2.75, 3.05) is 0 Å². The van der Waals surface area contributed by atoms with Crippen LogP contribution in [0.4, 0.5) is 24.5 Å². The minimum atomic E-state index is -4.78. The van der Waals surface area contributed by atoms with Gasteiger partial charge in [-0.05, 0) is 82.4 Å². The average Bonchev–Trinajstić information content (AvgIpc) is 3.84. The highest BCUT2D eigenvalue weighted by Gasteiger charge is 2.35. The first kappa shape index (κ1) is 38.8. The van der Waals surface area contributed by atoms with E-state index in [1.54, 1.807) is 42.5 Å². The molecule has 10 rings (SSSR count). The Kier molecular flexibility index (Phi) is 9.06. The first-order chi connectivity index (χ1) is 31.1. The lowest BCUT2D eigenvalue weighted by Gasteiger charge is -2.23. The molecule has 0 amide bonds. The lowest BCUT2D eigenvalue weighted by molar-refractivity contribution is -0.137. The number of para-hydroxylation sites is 2. The molecule has 0 aliphatic carbocycles. The van der Waals surface area contributed by atoms with Gasteiger partial charge >= 0.3 is 6.18 Å². The SMILES string of the molecule is [C-]#[N+]c1ccc(-c2ccc3c4ccccc4n(-c4cc(C#N)cc(-n5c6ccccc6c6ccc(-c7ccc(C#N)cc7C#N)cc65)c4-c4ccccc4C(F)(F)F)c3c2)c([N+]#[C-])c1. The van der Waals surface area contributed by atoms with Crippen molar-refractivity contribution in [2.45, 2.75) is 6.18 Å². The Morgan fingerprint density at radius 1 is 0.469 bits per heavy atom. The maximum absolute atomic E-state index is 15.4. The third-order valence-corrected chi connectivity index (χ3v) is 11.7. The van der Waals surface area contributed by atoms with Crippen LogP contribution in [0.25, 0.3) is 98.1 Å². The van der Waals surface area contributed by atoms with E-state index >= 15 is 13.2 Å². The standard InChI is InChI=1S/C54H26F3N7/c1-61-37-18-22-39(46(28-37)62-2)35-17-21-43-41-10-5-8-14-48(41)64(50(43)27-35)52-25-33(30-59)24-51(53(52)44-11-3-6-12-45(44)54(55,56)57)63-47-13-7-4-9-40(47)42-20-16-34(26-49(42)63)38-19-15-32(29-58)23-36(38)31-60/h3-28H. The fourth-order valence-electron chi connectivity index (χ4n) is 8.93. The summed E-state index contributed by atoms with van der Waals surface area (Å²) >= 11 is 0. The summed E-state index contributed by atoms with van der Waals surface area (Å²) in [4.78, 5) is 7.22. The van der Waals surface area contributed by atoms with Crippen molar-refractivity contribution in [3.05, 3.63) is 203 Å². The van der Waals surface area contributed by atoms with Gasteiger partial charge in [-0.3, -0.25) is 0 Å². The Labute approximate surface area is 363 Å². The van der Waals surface area contributed by atoms with E-state index in [2.05, 4.69) is 27.9 Å². The number of fused-ring (bicyclic) bond motifs is 6. The summed E-state index contributed by atoms with van der Waals surface area (Å²) in [6, 6.07) is 51.5. The zero-order chi connectivity index (χ0) is 44.3. The van der Waals surface area contributed by atoms with Crippen LogP contribution in [0.1, 0.15) is 22.3 Å². The first-order valence-corrected chi connectivity index (χ1v) is 19.8. The molecule has 10 heteroatoms. The molecular weight excluding hydrogens is 804 g/mol. The maximum Gasteiger partial charge on any atom is 0.417 e. The second-order valence-corrected chi connectivity index (χ2v) is 15.1. The summed E-state index contributed by atoms with van der Waals surface area (Å²) in [6.07, 6.45) is -4.78. The first-order valence-electron chi connectivity index (χ1n) is 19.8. The van der Waals surface area contributed by atoms with Crippen LogP contribution in [-0.4, -0.2) is 9.13 Å². The summed E-state index contributed by atoms with van der Waals surface area (Å²) in [7, 11) is 0. The van der Waals surface area contributed by atoms with E-state index in [4.69, 9.17) is 13.1 Å². The molecule has 0 atom stereocenters. The molecule has 8 aromatic carbocycles. The van der Waals surface area contributed by atoms with Gasteiger partial charge in [-0.25, -0.2) is 9.69 Å². The normalized spacial score (nSPS) is 11.3. The van der Waals surface area contributed by atoms with Crippen molar-refractivity contribution < 1.29 is 13.2 Å². The second-order valence-electron chi connectivity index (χ2n) is 15.1. The second kappa shape index (κ2) is 14.9. The Morgan fingerprint density at radius 3 is 1.58 bits per heavy atom. The molecule has 10 aromatic rings. The monoisotopic (exact) mass is 829 g/mol. The Hall–Kier alpha value is -9.40. The van der Waals surface area contributed by atoms with Crippen molar-refractivity contribution in [1.82, 2.24) is 9.13 Å². The van der Waals surface area contributed by atoms with Crippen LogP contribution in [-0.2, 0) is 6.18 Å². The van der Waals surface area contributed by atoms with Gasteiger partial charge in [0.2, 0.25) is 0 Å². The number of benzene rings is 8. The number of rotatable bonds is 5. The molecule has 0 spiro atoms. The van der Waals surface area contributed by atoms with Gasteiger partial charge in [0.05, 0.1) is 87.0 Å². The van der Waals surface area contributed by atoms with Crippen molar-refractivity contribution in [3.8, 4) is 63.0 Å². The van der Waals surface area contributed by atoms with Crippen LogP contribution in [0, 0.1) is 47.1 Å². The molecule has 7 nitrogen and oxygen atoms in total. The number of nitrogens with zero attached hydrogens (tertiary/aromatic N) is 7. The van der Waals surface area contributed by atoms with Crippen LogP contribution in [0.15, 0.2) is 158 Å². The molecule has 298 valence electrons. The van der Waals surface area contributed by atoms with Crippen LogP contribution >= 0.6 is 0 Å². The number of hydrogen-bond donors (Lipinski definition) is 0. The molecule has 2 aromatic heterocycles. The van der Waals surface area contributed by atoms with Gasteiger partial charge in [0.1, 0.15) is 0 Å². The molecule has 0 bridgehead atoms. The molecule has 0 radical (unpaired) electrons. The molecule has 64 heavy (non-hydrogen) atoms. The van der Waals surface area contributed by atoms with Crippen molar-refractivity contribution in [3.63, 3.8) is 0 Å². The summed E-state index contributed by atoms with van der Waals surface area (Å²) in [6.45, 7) is 15.4. The molecule has 0 N–H and O–H groups in total. The molecule has 2 heterocycles. The lowest BCUT2D eigenvalue weighted by Crippen LogP contribution is -2.11. The van der Waals surface area contributed by atoms with E-state index < -0.39 is 11.7 Å². The topological polar surface area (TPSA) is 90.0 Å². The highest BCUT2D eigenvalue weighted by atomic mass is 19.4. The Balaban J connectivity index is 1.38. The largest absolute Gasteiger partial charge is 0.417 e. The van der Waals surface area contributed by atoms with Gasteiger partial charge in [0, 0.05) is 27.1 Å². The van der Waals surface area contributed by atoms with E-state index in [9.17, 15) is 15.8 Å². The number of alkyl halides is 3. The fourth-order valence-corrected chi connectivity index (χ4v) is 8.93. The highest BCUT2D eigenvalue weighted by Crippen LogP contribution is 2.47. The Morgan fingerprint density at radius 2 is 1.02 bits per heavy atom. The third-order valence-electron chi connectivity index (χ3n) is 11.7. The minimum Gasteiger partial charge on any atom is -0.308 e. The number of aromatic nitrogens is 2. The number of hydrogen-bond acceptors (Lipinski definition) is 3. The van der Waals surface area contributed by atoms with E-state index in [1.807, 2.05) is 94.1 Å². The van der Waals surface area contributed by atoms with Crippen molar-refractivity contribution in [2.24, 2.45) is 0 Å². The van der Waals surface area contributed by atoms with Crippen LogP contribution in [0.3, 0.4) is 0 Å².